The topological polar surface area (TPSA) is 52.7 Å². The number of aryl methyl sites for hydroxylation is 1. The molecular formula is C8H8N4O. The second-order valence-corrected chi connectivity index (χ2v) is 2.67. The minimum Gasteiger partial charge on any atom is -0.318 e. The maximum absolute atomic E-state index is 11.2. The molecule has 0 amide bonds. The minimum atomic E-state index is -0.0620. The zero-order valence-electron chi connectivity index (χ0n) is 7.08. The van der Waals surface area contributed by atoms with Crippen LogP contribution in [-0.2, 0) is 7.05 Å². The van der Waals surface area contributed by atoms with Crippen LogP contribution >= 0.6 is 0 Å². The van der Waals surface area contributed by atoms with Gasteiger partial charge in [-0.25, -0.2) is 9.67 Å². The summed E-state index contributed by atoms with van der Waals surface area (Å²) in [6, 6.07) is 3.31. The van der Waals surface area contributed by atoms with Crippen molar-refractivity contribution in [3.05, 3.63) is 41.3 Å². The molecule has 2 heterocycles. The van der Waals surface area contributed by atoms with E-state index in [0.29, 0.717) is 0 Å². The number of pyridine rings is 1. The summed E-state index contributed by atoms with van der Waals surface area (Å²) < 4.78 is 3.04. The molecule has 0 saturated heterocycles. The van der Waals surface area contributed by atoms with Gasteiger partial charge in [-0.1, -0.05) is 0 Å². The van der Waals surface area contributed by atoms with Gasteiger partial charge in [-0.2, -0.15) is 5.10 Å². The van der Waals surface area contributed by atoms with E-state index in [0.717, 1.165) is 5.69 Å². The molecule has 0 aliphatic rings. The van der Waals surface area contributed by atoms with Crippen molar-refractivity contribution >= 4 is 0 Å². The third-order valence-electron chi connectivity index (χ3n) is 1.77. The molecular weight excluding hydrogens is 168 g/mol. The fourth-order valence-corrected chi connectivity index (χ4v) is 1.02. The van der Waals surface area contributed by atoms with Crippen LogP contribution in [0.1, 0.15) is 0 Å². The molecule has 0 saturated carbocycles. The third-order valence-corrected chi connectivity index (χ3v) is 1.77. The Morgan fingerprint density at radius 2 is 2.31 bits per heavy atom. The lowest BCUT2D eigenvalue weighted by Crippen LogP contribution is -2.15. The van der Waals surface area contributed by atoms with Gasteiger partial charge in [0.1, 0.15) is 12.7 Å². The van der Waals surface area contributed by atoms with Gasteiger partial charge in [0.2, 0.25) is 0 Å². The number of nitrogens with zero attached hydrogens (tertiary/aromatic N) is 4. The van der Waals surface area contributed by atoms with Crippen molar-refractivity contribution in [3.63, 3.8) is 0 Å². The fourth-order valence-electron chi connectivity index (χ4n) is 1.02. The van der Waals surface area contributed by atoms with E-state index in [1.54, 1.807) is 30.3 Å². The molecule has 0 atom stereocenters. The maximum Gasteiger partial charge on any atom is 0.252 e. The molecule has 0 bridgehead atoms. The summed E-state index contributed by atoms with van der Waals surface area (Å²) in [6.45, 7) is 0. The first-order valence-corrected chi connectivity index (χ1v) is 3.79. The van der Waals surface area contributed by atoms with Gasteiger partial charge in [0.25, 0.3) is 5.56 Å². The van der Waals surface area contributed by atoms with E-state index in [2.05, 4.69) is 10.1 Å². The molecule has 0 unspecified atom stereocenters. The third kappa shape index (κ3) is 1.35. The predicted octanol–water partition coefficient (Wildman–Crippen LogP) is -0.0340. The summed E-state index contributed by atoms with van der Waals surface area (Å²) in [4.78, 5) is 15.0. The van der Waals surface area contributed by atoms with Crippen LogP contribution in [0, 0.1) is 0 Å². The minimum absolute atomic E-state index is 0.0620. The van der Waals surface area contributed by atoms with Gasteiger partial charge in [0, 0.05) is 19.3 Å². The highest BCUT2D eigenvalue weighted by atomic mass is 16.1. The zero-order valence-corrected chi connectivity index (χ0v) is 7.08. The molecule has 5 heteroatoms. The van der Waals surface area contributed by atoms with Crippen molar-refractivity contribution in [1.29, 1.82) is 0 Å². The van der Waals surface area contributed by atoms with Crippen LogP contribution in [0.4, 0.5) is 0 Å². The first-order chi connectivity index (χ1) is 6.27. The van der Waals surface area contributed by atoms with Crippen LogP contribution < -0.4 is 5.56 Å². The van der Waals surface area contributed by atoms with Gasteiger partial charge in [-0.05, 0) is 6.07 Å². The fraction of sp³-hybridized carbons (Fsp3) is 0.125. The Morgan fingerprint density at radius 3 is 2.92 bits per heavy atom. The number of aromatic nitrogens is 4. The van der Waals surface area contributed by atoms with Gasteiger partial charge in [-0.3, -0.25) is 4.79 Å². The summed E-state index contributed by atoms with van der Waals surface area (Å²) in [5, 5.41) is 3.91. The lowest BCUT2D eigenvalue weighted by Gasteiger charge is -2.00. The molecule has 0 aliphatic heterocycles. The van der Waals surface area contributed by atoms with Crippen LogP contribution in [0.2, 0.25) is 0 Å². The smallest absolute Gasteiger partial charge is 0.252 e. The Balaban J connectivity index is 2.55. The number of hydrogen-bond donors (Lipinski definition) is 0. The van der Waals surface area contributed by atoms with Crippen LogP contribution in [0.3, 0.4) is 0 Å². The number of rotatable bonds is 1. The Labute approximate surface area is 74.3 Å². The molecule has 2 aromatic rings. The molecule has 2 rings (SSSR count). The second-order valence-electron chi connectivity index (χ2n) is 2.67. The van der Waals surface area contributed by atoms with Gasteiger partial charge >= 0.3 is 0 Å². The highest BCUT2D eigenvalue weighted by molar-refractivity contribution is 5.26. The molecule has 66 valence electrons. The van der Waals surface area contributed by atoms with E-state index in [4.69, 9.17) is 0 Å². The second kappa shape index (κ2) is 2.85. The van der Waals surface area contributed by atoms with Gasteiger partial charge in [0.05, 0.1) is 5.69 Å². The summed E-state index contributed by atoms with van der Waals surface area (Å²) in [6.07, 6.45) is 4.67. The Hall–Kier alpha value is -1.91. The van der Waals surface area contributed by atoms with Crippen molar-refractivity contribution in [2.75, 3.05) is 0 Å². The van der Waals surface area contributed by atoms with E-state index in [1.807, 2.05) is 0 Å². The van der Waals surface area contributed by atoms with Crippen LogP contribution in [0.5, 0.6) is 0 Å². The standard InChI is InChI=1S/C8H8N4O/c1-11-3-2-7(4-8(11)13)12-6-9-5-10-12/h2-6H,1H3. The van der Waals surface area contributed by atoms with E-state index >= 15 is 0 Å². The SMILES string of the molecule is Cn1ccc(-n2cncn2)cc1=O. The predicted molar refractivity (Wildman–Crippen MR) is 46.6 cm³/mol. The first kappa shape index (κ1) is 7.72. The Bertz CT molecular complexity index is 457. The van der Waals surface area contributed by atoms with Gasteiger partial charge < -0.3 is 4.57 Å². The highest BCUT2D eigenvalue weighted by Gasteiger charge is 1.97. The average Bonchev–Trinajstić information content (AvgIpc) is 2.62. The maximum atomic E-state index is 11.2. The lowest BCUT2D eigenvalue weighted by molar-refractivity contribution is 0.826. The zero-order chi connectivity index (χ0) is 9.26. The Kier molecular flexibility index (Phi) is 1.70. The lowest BCUT2D eigenvalue weighted by atomic mass is 10.4. The Morgan fingerprint density at radius 1 is 1.46 bits per heavy atom. The molecule has 0 aliphatic carbocycles. The molecule has 5 nitrogen and oxygen atoms in total. The molecule has 0 N–H and O–H groups in total. The molecule has 13 heavy (non-hydrogen) atoms. The molecule has 2 aromatic heterocycles. The van der Waals surface area contributed by atoms with Crippen molar-refractivity contribution in [3.8, 4) is 5.69 Å². The molecule has 0 spiro atoms. The summed E-state index contributed by atoms with van der Waals surface area (Å²) in [7, 11) is 1.70. The molecule has 0 fully saturated rings. The van der Waals surface area contributed by atoms with Crippen molar-refractivity contribution < 1.29 is 0 Å². The first-order valence-electron chi connectivity index (χ1n) is 3.79. The van der Waals surface area contributed by atoms with Crippen molar-refractivity contribution in [2.45, 2.75) is 0 Å². The molecule has 0 radical (unpaired) electrons. The van der Waals surface area contributed by atoms with Gasteiger partial charge in [-0.15, -0.1) is 0 Å². The van der Waals surface area contributed by atoms with Crippen LogP contribution in [-0.4, -0.2) is 19.3 Å². The van der Waals surface area contributed by atoms with E-state index < -0.39 is 0 Å². The van der Waals surface area contributed by atoms with Crippen molar-refractivity contribution in [1.82, 2.24) is 19.3 Å². The summed E-state index contributed by atoms with van der Waals surface area (Å²) >= 11 is 0. The van der Waals surface area contributed by atoms with Crippen molar-refractivity contribution in [2.24, 2.45) is 7.05 Å². The van der Waals surface area contributed by atoms with E-state index in [1.165, 1.54) is 17.0 Å². The molecule has 0 aromatic carbocycles. The quantitative estimate of drug-likeness (QED) is 0.613. The summed E-state index contributed by atoms with van der Waals surface area (Å²) in [5.41, 5.74) is 0.661. The largest absolute Gasteiger partial charge is 0.318 e. The average molecular weight is 176 g/mol. The van der Waals surface area contributed by atoms with Gasteiger partial charge in [0.15, 0.2) is 0 Å². The normalized spacial score (nSPS) is 10.2. The highest BCUT2D eigenvalue weighted by Crippen LogP contribution is 1.99. The van der Waals surface area contributed by atoms with E-state index in [-0.39, 0.29) is 5.56 Å². The monoisotopic (exact) mass is 176 g/mol. The van der Waals surface area contributed by atoms with Crippen LogP contribution in [0.15, 0.2) is 35.8 Å². The number of hydrogen-bond acceptors (Lipinski definition) is 3. The van der Waals surface area contributed by atoms with E-state index in [9.17, 15) is 4.79 Å². The van der Waals surface area contributed by atoms with Crippen LogP contribution in [0.25, 0.3) is 5.69 Å². The summed E-state index contributed by atoms with van der Waals surface area (Å²) in [5.74, 6) is 0.